The van der Waals surface area contributed by atoms with Crippen LogP contribution in [0.5, 0.6) is 0 Å². The lowest BCUT2D eigenvalue weighted by Gasteiger charge is -2.23. The quantitative estimate of drug-likeness (QED) is 0.780. The molecule has 5 nitrogen and oxygen atoms in total. The average Bonchev–Trinajstić information content (AvgIpc) is 2.70. The fourth-order valence-electron chi connectivity index (χ4n) is 2.15. The third kappa shape index (κ3) is 2.99. The van der Waals surface area contributed by atoms with Gasteiger partial charge >= 0.3 is 0 Å². The number of aliphatic hydroxyl groups excluding tert-OH is 1. The molecule has 7 heteroatoms. The number of hydrogen-bond donors (Lipinski definition) is 2. The van der Waals surface area contributed by atoms with Crippen molar-refractivity contribution in [3.63, 3.8) is 0 Å². The molecule has 1 unspecified atom stereocenters. The summed E-state index contributed by atoms with van der Waals surface area (Å²) in [6.45, 7) is 1.35. The van der Waals surface area contributed by atoms with Gasteiger partial charge in [-0.1, -0.05) is 34.1 Å². The van der Waals surface area contributed by atoms with E-state index in [1.165, 1.54) is 25.1 Å². The lowest BCUT2D eigenvalue weighted by molar-refractivity contribution is -0.133. The SMILES string of the molecule is CC1(c2ccccc2F)OC(NC(=O)CCCBr)=C(O)C1=O. The summed E-state index contributed by atoms with van der Waals surface area (Å²) in [5.74, 6) is -2.87. The average molecular weight is 372 g/mol. The molecule has 0 aromatic heterocycles. The number of rotatable bonds is 5. The summed E-state index contributed by atoms with van der Waals surface area (Å²) in [5.41, 5.74) is -1.70. The molecule has 1 aliphatic rings. The van der Waals surface area contributed by atoms with E-state index < -0.39 is 28.9 Å². The number of nitrogens with one attached hydrogen (secondary N) is 1. The fourth-order valence-corrected chi connectivity index (χ4v) is 2.43. The first-order valence-electron chi connectivity index (χ1n) is 6.68. The summed E-state index contributed by atoms with van der Waals surface area (Å²) < 4.78 is 19.3. The number of ketones is 1. The number of carbonyl (C=O) groups excluding carboxylic acids is 2. The zero-order valence-electron chi connectivity index (χ0n) is 11.9. The van der Waals surface area contributed by atoms with Crippen LogP contribution in [0.3, 0.4) is 0 Å². The van der Waals surface area contributed by atoms with Gasteiger partial charge in [0, 0.05) is 17.3 Å². The minimum absolute atomic E-state index is 0.00347. The molecule has 0 fully saturated rings. The molecule has 1 aliphatic heterocycles. The Morgan fingerprint density at radius 1 is 1.45 bits per heavy atom. The van der Waals surface area contributed by atoms with Gasteiger partial charge in [-0.3, -0.25) is 14.9 Å². The molecule has 22 heavy (non-hydrogen) atoms. The van der Waals surface area contributed by atoms with Gasteiger partial charge in [0.05, 0.1) is 0 Å². The molecule has 0 aliphatic carbocycles. The van der Waals surface area contributed by atoms with Crippen molar-refractivity contribution in [2.45, 2.75) is 25.4 Å². The molecule has 1 amide bonds. The summed E-state index contributed by atoms with van der Waals surface area (Å²) in [5, 5.41) is 12.9. The molecule has 0 saturated carbocycles. The van der Waals surface area contributed by atoms with Gasteiger partial charge in [0.15, 0.2) is 0 Å². The minimum Gasteiger partial charge on any atom is -0.501 e. The minimum atomic E-state index is -1.70. The number of Topliss-reactive ketones (excluding diaryl/α,β-unsaturated/α-hetero) is 1. The lowest BCUT2D eigenvalue weighted by Crippen LogP contribution is -2.33. The molecule has 1 heterocycles. The van der Waals surface area contributed by atoms with Crippen LogP contribution in [0.2, 0.25) is 0 Å². The highest BCUT2D eigenvalue weighted by Gasteiger charge is 2.49. The van der Waals surface area contributed by atoms with E-state index in [0.29, 0.717) is 11.8 Å². The Kier molecular flexibility index (Phi) is 4.85. The number of alkyl halides is 1. The smallest absolute Gasteiger partial charge is 0.250 e. The van der Waals surface area contributed by atoms with Crippen LogP contribution in [-0.4, -0.2) is 22.1 Å². The van der Waals surface area contributed by atoms with Crippen molar-refractivity contribution in [1.29, 1.82) is 0 Å². The predicted molar refractivity (Wildman–Crippen MR) is 80.7 cm³/mol. The first-order valence-corrected chi connectivity index (χ1v) is 7.80. The van der Waals surface area contributed by atoms with Crippen molar-refractivity contribution >= 4 is 27.6 Å². The second-order valence-corrected chi connectivity index (χ2v) is 5.76. The van der Waals surface area contributed by atoms with Crippen molar-refractivity contribution in [3.05, 3.63) is 47.3 Å². The number of amides is 1. The van der Waals surface area contributed by atoms with Gasteiger partial charge in [0.2, 0.25) is 23.2 Å². The first kappa shape index (κ1) is 16.5. The van der Waals surface area contributed by atoms with E-state index in [2.05, 4.69) is 21.2 Å². The highest BCUT2D eigenvalue weighted by Crippen LogP contribution is 2.38. The Balaban J connectivity index is 2.22. The van der Waals surface area contributed by atoms with Crippen LogP contribution in [0.15, 0.2) is 35.9 Å². The zero-order valence-corrected chi connectivity index (χ0v) is 13.4. The van der Waals surface area contributed by atoms with Gasteiger partial charge in [0.1, 0.15) is 5.82 Å². The van der Waals surface area contributed by atoms with Gasteiger partial charge in [-0.2, -0.15) is 0 Å². The fraction of sp³-hybridized carbons (Fsp3) is 0.333. The lowest BCUT2D eigenvalue weighted by atomic mass is 9.91. The number of ether oxygens (including phenoxy) is 1. The Bertz CT molecular complexity index is 646. The number of benzene rings is 1. The van der Waals surface area contributed by atoms with Gasteiger partial charge in [-0.05, 0) is 19.4 Å². The van der Waals surface area contributed by atoms with Crippen molar-refractivity contribution in [1.82, 2.24) is 5.32 Å². The number of aliphatic hydroxyl groups is 1. The molecule has 2 rings (SSSR count). The zero-order chi connectivity index (χ0) is 16.3. The second-order valence-electron chi connectivity index (χ2n) is 4.96. The number of halogens is 2. The Morgan fingerprint density at radius 3 is 2.77 bits per heavy atom. The van der Waals surface area contributed by atoms with Crippen LogP contribution in [0.1, 0.15) is 25.3 Å². The van der Waals surface area contributed by atoms with Crippen LogP contribution >= 0.6 is 15.9 Å². The maximum Gasteiger partial charge on any atom is 0.250 e. The van der Waals surface area contributed by atoms with Crippen LogP contribution in [0, 0.1) is 5.82 Å². The van der Waals surface area contributed by atoms with E-state index in [-0.39, 0.29) is 17.9 Å². The summed E-state index contributed by atoms with van der Waals surface area (Å²) in [7, 11) is 0. The maximum absolute atomic E-state index is 13.9. The summed E-state index contributed by atoms with van der Waals surface area (Å²) in [6, 6.07) is 5.64. The van der Waals surface area contributed by atoms with Crippen molar-refractivity contribution in [2.24, 2.45) is 0 Å². The van der Waals surface area contributed by atoms with Crippen LogP contribution in [-0.2, 0) is 19.9 Å². The Labute approximate surface area is 135 Å². The summed E-state index contributed by atoms with van der Waals surface area (Å²) in [6.07, 6.45) is 0.800. The molecule has 1 atom stereocenters. The summed E-state index contributed by atoms with van der Waals surface area (Å²) in [4.78, 5) is 23.9. The monoisotopic (exact) mass is 371 g/mol. The standard InChI is InChI=1S/C15H15BrFNO4/c1-15(9-5-2-3-6-10(9)17)13(21)12(20)14(22-15)18-11(19)7-4-8-16/h2-3,5-6,20H,4,7-8H2,1H3,(H,18,19). The van der Waals surface area contributed by atoms with Gasteiger partial charge in [-0.15, -0.1) is 0 Å². The normalized spacial score (nSPS) is 21.0. The molecule has 0 spiro atoms. The maximum atomic E-state index is 13.9. The van der Waals surface area contributed by atoms with Crippen LogP contribution in [0.25, 0.3) is 0 Å². The van der Waals surface area contributed by atoms with Gasteiger partial charge in [-0.25, -0.2) is 4.39 Å². The molecule has 2 N–H and O–H groups in total. The summed E-state index contributed by atoms with van der Waals surface area (Å²) >= 11 is 3.20. The van der Waals surface area contributed by atoms with Crippen LogP contribution < -0.4 is 5.32 Å². The van der Waals surface area contributed by atoms with E-state index in [1.807, 2.05) is 0 Å². The Morgan fingerprint density at radius 2 is 2.14 bits per heavy atom. The Hall–Kier alpha value is -1.89. The highest BCUT2D eigenvalue weighted by molar-refractivity contribution is 9.09. The van der Waals surface area contributed by atoms with E-state index >= 15 is 0 Å². The van der Waals surface area contributed by atoms with E-state index in [9.17, 15) is 19.1 Å². The molecule has 1 aromatic carbocycles. The van der Waals surface area contributed by atoms with Gasteiger partial charge < -0.3 is 9.84 Å². The number of carbonyl (C=O) groups is 2. The number of hydrogen-bond acceptors (Lipinski definition) is 4. The molecule has 0 radical (unpaired) electrons. The predicted octanol–water partition coefficient (Wildman–Crippen LogP) is 2.66. The third-order valence-corrected chi connectivity index (χ3v) is 3.91. The highest BCUT2D eigenvalue weighted by atomic mass is 79.9. The van der Waals surface area contributed by atoms with Crippen molar-refractivity contribution < 1.29 is 23.8 Å². The van der Waals surface area contributed by atoms with Crippen molar-refractivity contribution in [2.75, 3.05) is 5.33 Å². The van der Waals surface area contributed by atoms with Gasteiger partial charge in [0.25, 0.3) is 5.78 Å². The third-order valence-electron chi connectivity index (χ3n) is 3.35. The molecular formula is C15H15BrFNO4. The van der Waals surface area contributed by atoms with Crippen LogP contribution in [0.4, 0.5) is 4.39 Å². The largest absolute Gasteiger partial charge is 0.501 e. The second kappa shape index (κ2) is 6.48. The molecule has 0 saturated heterocycles. The van der Waals surface area contributed by atoms with E-state index in [0.717, 1.165) is 0 Å². The van der Waals surface area contributed by atoms with E-state index in [1.54, 1.807) is 6.07 Å². The molecule has 1 aromatic rings. The molecular weight excluding hydrogens is 357 g/mol. The van der Waals surface area contributed by atoms with Crippen molar-refractivity contribution in [3.8, 4) is 0 Å². The molecule has 118 valence electrons. The first-order chi connectivity index (χ1) is 10.4. The topological polar surface area (TPSA) is 75.6 Å². The van der Waals surface area contributed by atoms with E-state index in [4.69, 9.17) is 4.74 Å². The molecule has 0 bridgehead atoms.